The molecule has 3 heterocycles. The first-order valence-corrected chi connectivity index (χ1v) is 15.0. The van der Waals surface area contributed by atoms with Crippen LogP contribution in [0, 0.1) is 0 Å². The smallest absolute Gasteiger partial charge is 0.267 e. The molecule has 0 bridgehead atoms. The van der Waals surface area contributed by atoms with Crippen molar-refractivity contribution in [3.05, 3.63) is 79.9 Å². The minimum atomic E-state index is -0.551. The zero-order chi connectivity index (χ0) is 27.1. The van der Waals surface area contributed by atoms with Crippen molar-refractivity contribution in [1.29, 1.82) is 0 Å². The summed E-state index contributed by atoms with van der Waals surface area (Å²) in [5, 5.41) is 1.11. The number of hydrogen-bond donors (Lipinski definition) is 0. The lowest BCUT2D eigenvalue weighted by atomic mass is 10.2. The average Bonchev–Trinajstić information content (AvgIpc) is 3.48. The maximum absolute atomic E-state index is 14.0. The van der Waals surface area contributed by atoms with Gasteiger partial charge in [-0.2, -0.15) is 0 Å². The van der Waals surface area contributed by atoms with Crippen LogP contribution in [0.3, 0.4) is 0 Å². The van der Waals surface area contributed by atoms with Gasteiger partial charge in [0, 0.05) is 22.0 Å². The number of methoxy groups -OCH3 is 1. The van der Waals surface area contributed by atoms with Crippen molar-refractivity contribution in [2.24, 2.45) is 0 Å². The fraction of sp³-hybridized carbons (Fsp3) is 0.310. The second kappa shape index (κ2) is 10.8. The number of carbonyl (C=O) groups excluding carboxylic acids is 2. The van der Waals surface area contributed by atoms with E-state index in [1.807, 2.05) is 24.3 Å². The van der Waals surface area contributed by atoms with Gasteiger partial charge in [0.15, 0.2) is 5.16 Å². The highest BCUT2D eigenvalue weighted by molar-refractivity contribution is 8.00. The number of ether oxygens (including phenoxy) is 1. The van der Waals surface area contributed by atoms with Crippen molar-refractivity contribution >= 4 is 56.7 Å². The van der Waals surface area contributed by atoms with Crippen LogP contribution in [-0.4, -0.2) is 45.2 Å². The van der Waals surface area contributed by atoms with Crippen molar-refractivity contribution in [2.45, 2.75) is 48.9 Å². The molecule has 1 aliphatic heterocycles. The molecule has 0 spiro atoms. The molecule has 1 saturated heterocycles. The third-order valence-corrected chi connectivity index (χ3v) is 9.91. The van der Waals surface area contributed by atoms with Gasteiger partial charge < -0.3 is 4.74 Å². The summed E-state index contributed by atoms with van der Waals surface area (Å²) < 4.78 is 6.93. The number of rotatable bonds is 5. The summed E-state index contributed by atoms with van der Waals surface area (Å²) >= 11 is 8.84. The largest absolute Gasteiger partial charge is 0.497 e. The Morgan fingerprint density at radius 1 is 1.05 bits per heavy atom. The van der Waals surface area contributed by atoms with Gasteiger partial charge in [-0.15, -0.1) is 11.3 Å². The Labute approximate surface area is 238 Å². The molecule has 1 atom stereocenters. The molecule has 2 aromatic heterocycles. The summed E-state index contributed by atoms with van der Waals surface area (Å²) in [5.41, 5.74) is 2.06. The molecule has 2 amide bonds. The maximum Gasteiger partial charge on any atom is 0.267 e. The first-order valence-electron chi connectivity index (χ1n) is 12.9. The van der Waals surface area contributed by atoms with Gasteiger partial charge in [0.05, 0.1) is 23.4 Å². The Hall–Kier alpha value is -3.14. The molecule has 10 heteroatoms. The number of aromatic nitrogens is 2. The summed E-state index contributed by atoms with van der Waals surface area (Å²) in [7, 11) is 1.60. The fourth-order valence-electron chi connectivity index (χ4n) is 5.26. The Balaban J connectivity index is 1.40. The van der Waals surface area contributed by atoms with Gasteiger partial charge >= 0.3 is 0 Å². The molecule has 6 rings (SSSR count). The quantitative estimate of drug-likeness (QED) is 0.216. The molecule has 0 saturated carbocycles. The van der Waals surface area contributed by atoms with Crippen LogP contribution in [0.4, 0.5) is 0 Å². The van der Waals surface area contributed by atoms with Crippen LogP contribution in [0.15, 0.2) is 58.5 Å². The number of thioether (sulfide) groups is 1. The number of imide groups is 1. The van der Waals surface area contributed by atoms with Crippen LogP contribution < -0.4 is 10.3 Å². The maximum atomic E-state index is 14.0. The van der Waals surface area contributed by atoms with Gasteiger partial charge in [0.25, 0.3) is 11.5 Å². The number of nitrogens with zero attached hydrogens (tertiary/aromatic N) is 3. The highest BCUT2D eigenvalue weighted by Gasteiger charge is 2.34. The fourth-order valence-corrected chi connectivity index (χ4v) is 7.90. The van der Waals surface area contributed by atoms with Crippen molar-refractivity contribution in [3.63, 3.8) is 0 Å². The SMILES string of the molecule is COc1ccc(-n2c(SC3CCCCN(C(=O)c4ccc(Cl)cc4)C3=O)nc3sc4c(c3c2=O)CCC4)cc1. The Bertz CT molecular complexity index is 1630. The van der Waals surface area contributed by atoms with E-state index < -0.39 is 5.25 Å². The number of fused-ring (bicyclic) bond motifs is 3. The number of hydrogen-bond acceptors (Lipinski definition) is 7. The van der Waals surface area contributed by atoms with E-state index in [1.54, 1.807) is 47.3 Å². The molecular weight excluding hydrogens is 554 g/mol. The molecule has 200 valence electrons. The molecule has 1 unspecified atom stereocenters. The first-order chi connectivity index (χ1) is 18.9. The summed E-state index contributed by atoms with van der Waals surface area (Å²) in [5.74, 6) is 0.0818. The van der Waals surface area contributed by atoms with E-state index in [0.29, 0.717) is 50.4 Å². The molecule has 1 aliphatic carbocycles. The van der Waals surface area contributed by atoms with Gasteiger partial charge in [-0.3, -0.25) is 23.9 Å². The molecule has 1 fully saturated rings. The zero-order valence-electron chi connectivity index (χ0n) is 21.3. The zero-order valence-corrected chi connectivity index (χ0v) is 23.7. The van der Waals surface area contributed by atoms with Crippen LogP contribution in [0.2, 0.25) is 5.02 Å². The third kappa shape index (κ3) is 4.88. The van der Waals surface area contributed by atoms with E-state index in [9.17, 15) is 14.4 Å². The standard InChI is InChI=1S/C29H26ClN3O4S2/c1-37-20-14-12-19(13-15-20)33-28(36)24-21-5-4-7-22(21)38-25(24)31-29(33)39-23-6-2-3-16-32(27(23)35)26(34)17-8-10-18(30)11-9-17/h8-15,23H,2-7,16H2,1H3. The van der Waals surface area contributed by atoms with E-state index in [2.05, 4.69) is 0 Å². The number of aryl methyl sites for hydroxylation is 2. The highest BCUT2D eigenvalue weighted by atomic mass is 35.5. The first kappa shape index (κ1) is 26.1. The summed E-state index contributed by atoms with van der Waals surface area (Å²) in [6.07, 6.45) is 4.98. The summed E-state index contributed by atoms with van der Waals surface area (Å²) in [4.78, 5) is 49.3. The van der Waals surface area contributed by atoms with Crippen molar-refractivity contribution < 1.29 is 14.3 Å². The number of carbonyl (C=O) groups is 2. The molecule has 0 radical (unpaired) electrons. The topological polar surface area (TPSA) is 81.5 Å². The average molecular weight is 580 g/mol. The lowest BCUT2D eigenvalue weighted by molar-refractivity contribution is -0.127. The van der Waals surface area contributed by atoms with Crippen LogP contribution >= 0.6 is 34.7 Å². The van der Waals surface area contributed by atoms with Crippen LogP contribution in [0.1, 0.15) is 46.5 Å². The number of thiophene rings is 1. The van der Waals surface area contributed by atoms with E-state index in [-0.39, 0.29) is 17.4 Å². The monoisotopic (exact) mass is 579 g/mol. The van der Waals surface area contributed by atoms with Gasteiger partial charge in [-0.25, -0.2) is 4.98 Å². The van der Waals surface area contributed by atoms with E-state index in [1.165, 1.54) is 21.5 Å². The Morgan fingerprint density at radius 2 is 1.82 bits per heavy atom. The minimum absolute atomic E-state index is 0.123. The summed E-state index contributed by atoms with van der Waals surface area (Å²) in [6, 6.07) is 13.8. The molecule has 7 nitrogen and oxygen atoms in total. The molecular formula is C29H26ClN3O4S2. The van der Waals surface area contributed by atoms with E-state index in [0.717, 1.165) is 37.7 Å². The Morgan fingerprint density at radius 3 is 2.56 bits per heavy atom. The molecule has 0 N–H and O–H groups in total. The number of benzene rings is 2. The molecule has 2 aromatic carbocycles. The van der Waals surface area contributed by atoms with E-state index >= 15 is 0 Å². The van der Waals surface area contributed by atoms with Crippen LogP contribution in [0.5, 0.6) is 5.75 Å². The second-order valence-corrected chi connectivity index (χ2v) is 12.4. The molecule has 39 heavy (non-hydrogen) atoms. The van der Waals surface area contributed by atoms with Gasteiger partial charge in [-0.1, -0.05) is 29.8 Å². The van der Waals surface area contributed by atoms with Crippen molar-refractivity contribution in [1.82, 2.24) is 14.5 Å². The minimum Gasteiger partial charge on any atom is -0.497 e. The van der Waals surface area contributed by atoms with Gasteiger partial charge in [-0.05, 0) is 86.2 Å². The lowest BCUT2D eigenvalue weighted by Gasteiger charge is -2.23. The predicted octanol–water partition coefficient (Wildman–Crippen LogP) is 5.91. The number of halogens is 1. The predicted molar refractivity (Wildman–Crippen MR) is 155 cm³/mol. The molecule has 2 aliphatic rings. The van der Waals surface area contributed by atoms with Crippen molar-refractivity contribution in [2.75, 3.05) is 13.7 Å². The highest BCUT2D eigenvalue weighted by Crippen LogP contribution is 2.38. The van der Waals surface area contributed by atoms with E-state index in [4.69, 9.17) is 21.3 Å². The second-order valence-electron chi connectivity index (χ2n) is 9.67. The molecule has 4 aromatic rings. The Kier molecular flexibility index (Phi) is 7.22. The van der Waals surface area contributed by atoms with Gasteiger partial charge in [0.2, 0.25) is 5.91 Å². The van der Waals surface area contributed by atoms with Crippen LogP contribution in [-0.2, 0) is 17.6 Å². The summed E-state index contributed by atoms with van der Waals surface area (Å²) in [6.45, 7) is 0.354. The normalized spacial score (nSPS) is 17.3. The van der Waals surface area contributed by atoms with Crippen LogP contribution in [0.25, 0.3) is 15.9 Å². The number of amides is 2. The van der Waals surface area contributed by atoms with Crippen molar-refractivity contribution in [3.8, 4) is 11.4 Å². The third-order valence-electron chi connectivity index (χ3n) is 7.26. The van der Waals surface area contributed by atoms with Gasteiger partial charge in [0.1, 0.15) is 10.6 Å². The number of likely N-dealkylation sites (tertiary alicyclic amines) is 1. The lowest BCUT2D eigenvalue weighted by Crippen LogP contribution is -2.41.